The fourth-order valence-electron chi connectivity index (χ4n) is 1.68. The first-order valence-corrected chi connectivity index (χ1v) is 5.45. The van der Waals surface area contributed by atoms with E-state index < -0.39 is 0 Å². The first kappa shape index (κ1) is 10.2. The van der Waals surface area contributed by atoms with Gasteiger partial charge in [0.05, 0.1) is 5.69 Å². The fourth-order valence-corrected chi connectivity index (χ4v) is 1.68. The molecule has 2 rings (SSSR count). The van der Waals surface area contributed by atoms with Crippen molar-refractivity contribution in [2.24, 2.45) is 0 Å². The van der Waals surface area contributed by atoms with Gasteiger partial charge in [0.2, 0.25) is 0 Å². The van der Waals surface area contributed by atoms with E-state index in [0.717, 1.165) is 30.9 Å². The molecule has 0 aliphatic heterocycles. The van der Waals surface area contributed by atoms with E-state index in [2.05, 4.69) is 40.8 Å². The van der Waals surface area contributed by atoms with Crippen molar-refractivity contribution in [3.63, 3.8) is 0 Å². The van der Waals surface area contributed by atoms with E-state index in [1.165, 1.54) is 5.56 Å². The van der Waals surface area contributed by atoms with E-state index in [0.29, 0.717) is 0 Å². The standard InChI is InChI=1S/C12H17N3/c1-3-6-13-8-11-9-15-7-4-5-10(2)12(15)14-11/h4-5,7,9,13H,3,6,8H2,1-2H3. The SMILES string of the molecule is CCCNCc1cn2cccc(C)c2n1. The van der Waals surface area contributed by atoms with Gasteiger partial charge in [-0.25, -0.2) is 4.98 Å². The van der Waals surface area contributed by atoms with Gasteiger partial charge >= 0.3 is 0 Å². The molecule has 15 heavy (non-hydrogen) atoms. The molecule has 0 spiro atoms. The second kappa shape index (κ2) is 4.45. The number of nitrogens with one attached hydrogen (secondary N) is 1. The second-order valence-corrected chi connectivity index (χ2v) is 3.83. The van der Waals surface area contributed by atoms with Crippen molar-refractivity contribution >= 4 is 5.65 Å². The van der Waals surface area contributed by atoms with Gasteiger partial charge in [0.15, 0.2) is 0 Å². The average Bonchev–Trinajstić information content (AvgIpc) is 2.63. The van der Waals surface area contributed by atoms with Crippen LogP contribution in [0, 0.1) is 6.92 Å². The largest absolute Gasteiger partial charge is 0.311 e. The summed E-state index contributed by atoms with van der Waals surface area (Å²) >= 11 is 0. The molecule has 0 saturated heterocycles. The molecule has 0 saturated carbocycles. The minimum atomic E-state index is 0.856. The summed E-state index contributed by atoms with van der Waals surface area (Å²) in [4.78, 5) is 4.58. The predicted octanol–water partition coefficient (Wildman–Crippen LogP) is 2.14. The number of hydrogen-bond acceptors (Lipinski definition) is 2. The monoisotopic (exact) mass is 203 g/mol. The van der Waals surface area contributed by atoms with Crippen LogP contribution in [0.4, 0.5) is 0 Å². The molecular formula is C12H17N3. The molecule has 80 valence electrons. The van der Waals surface area contributed by atoms with E-state index in [-0.39, 0.29) is 0 Å². The summed E-state index contributed by atoms with van der Waals surface area (Å²) < 4.78 is 2.08. The van der Waals surface area contributed by atoms with Crippen LogP contribution in [0.15, 0.2) is 24.5 Å². The molecule has 0 atom stereocenters. The third kappa shape index (κ3) is 2.18. The second-order valence-electron chi connectivity index (χ2n) is 3.83. The highest BCUT2D eigenvalue weighted by Gasteiger charge is 2.02. The summed E-state index contributed by atoms with van der Waals surface area (Å²) in [7, 11) is 0. The van der Waals surface area contributed by atoms with E-state index in [1.807, 2.05) is 12.3 Å². The highest BCUT2D eigenvalue weighted by Crippen LogP contribution is 2.09. The predicted molar refractivity (Wildman–Crippen MR) is 61.9 cm³/mol. The molecule has 0 aliphatic rings. The van der Waals surface area contributed by atoms with Gasteiger partial charge in [0, 0.05) is 18.9 Å². The molecule has 1 N–H and O–H groups in total. The summed E-state index contributed by atoms with van der Waals surface area (Å²) in [6.45, 7) is 6.16. The van der Waals surface area contributed by atoms with Crippen LogP contribution in [0.2, 0.25) is 0 Å². The van der Waals surface area contributed by atoms with Gasteiger partial charge in [-0.2, -0.15) is 0 Å². The lowest BCUT2D eigenvalue weighted by molar-refractivity contribution is 0.667. The zero-order chi connectivity index (χ0) is 10.7. The third-order valence-corrected chi connectivity index (χ3v) is 2.46. The maximum atomic E-state index is 4.58. The van der Waals surface area contributed by atoms with Crippen molar-refractivity contribution < 1.29 is 0 Å². The van der Waals surface area contributed by atoms with Crippen LogP contribution in [0.1, 0.15) is 24.6 Å². The van der Waals surface area contributed by atoms with E-state index in [4.69, 9.17) is 0 Å². The molecule has 3 heteroatoms. The summed E-state index contributed by atoms with van der Waals surface area (Å²) in [6, 6.07) is 4.14. The third-order valence-electron chi connectivity index (χ3n) is 2.46. The highest BCUT2D eigenvalue weighted by atomic mass is 15.0. The van der Waals surface area contributed by atoms with Crippen LogP contribution in [-0.4, -0.2) is 15.9 Å². The van der Waals surface area contributed by atoms with Crippen LogP contribution < -0.4 is 5.32 Å². The van der Waals surface area contributed by atoms with Gasteiger partial charge in [-0.05, 0) is 31.5 Å². The normalized spacial score (nSPS) is 11.1. The molecule has 0 fully saturated rings. The number of pyridine rings is 1. The lowest BCUT2D eigenvalue weighted by Crippen LogP contribution is -2.13. The van der Waals surface area contributed by atoms with Gasteiger partial charge < -0.3 is 9.72 Å². The molecule has 0 radical (unpaired) electrons. The molecular weight excluding hydrogens is 186 g/mol. The number of aryl methyl sites for hydroxylation is 1. The number of rotatable bonds is 4. The molecule has 2 aromatic rings. The Hall–Kier alpha value is -1.35. The molecule has 0 aromatic carbocycles. The molecule has 0 amide bonds. The Bertz CT molecular complexity index is 445. The maximum absolute atomic E-state index is 4.58. The zero-order valence-electron chi connectivity index (χ0n) is 9.33. The Kier molecular flexibility index (Phi) is 3.02. The van der Waals surface area contributed by atoms with Crippen molar-refractivity contribution in [3.8, 4) is 0 Å². The quantitative estimate of drug-likeness (QED) is 0.771. The van der Waals surface area contributed by atoms with Gasteiger partial charge in [-0.1, -0.05) is 13.0 Å². The van der Waals surface area contributed by atoms with Crippen LogP contribution in [-0.2, 0) is 6.54 Å². The Labute approximate surface area is 90.1 Å². The van der Waals surface area contributed by atoms with Crippen molar-refractivity contribution in [3.05, 3.63) is 35.8 Å². The summed E-state index contributed by atoms with van der Waals surface area (Å²) in [5.74, 6) is 0. The number of imidazole rings is 1. The van der Waals surface area contributed by atoms with Crippen LogP contribution in [0.3, 0.4) is 0 Å². The van der Waals surface area contributed by atoms with Crippen molar-refractivity contribution in [2.75, 3.05) is 6.54 Å². The Morgan fingerprint density at radius 2 is 2.33 bits per heavy atom. The lowest BCUT2D eigenvalue weighted by atomic mass is 10.3. The van der Waals surface area contributed by atoms with Gasteiger partial charge in [0.25, 0.3) is 0 Å². The van der Waals surface area contributed by atoms with E-state index in [9.17, 15) is 0 Å². The molecule has 3 nitrogen and oxygen atoms in total. The minimum Gasteiger partial charge on any atom is -0.311 e. The van der Waals surface area contributed by atoms with Crippen molar-refractivity contribution in [1.29, 1.82) is 0 Å². The summed E-state index contributed by atoms with van der Waals surface area (Å²) in [5, 5.41) is 3.36. The maximum Gasteiger partial charge on any atom is 0.139 e. The summed E-state index contributed by atoms with van der Waals surface area (Å²) in [5.41, 5.74) is 3.39. The van der Waals surface area contributed by atoms with E-state index in [1.54, 1.807) is 0 Å². The average molecular weight is 203 g/mol. The van der Waals surface area contributed by atoms with Gasteiger partial charge in [0.1, 0.15) is 5.65 Å². The number of hydrogen-bond donors (Lipinski definition) is 1. The van der Waals surface area contributed by atoms with Crippen molar-refractivity contribution in [2.45, 2.75) is 26.8 Å². The topological polar surface area (TPSA) is 29.3 Å². The molecule has 0 bridgehead atoms. The Balaban J connectivity index is 2.20. The van der Waals surface area contributed by atoms with Gasteiger partial charge in [-0.3, -0.25) is 0 Å². The zero-order valence-corrected chi connectivity index (χ0v) is 9.33. The van der Waals surface area contributed by atoms with Crippen molar-refractivity contribution in [1.82, 2.24) is 14.7 Å². The van der Waals surface area contributed by atoms with Gasteiger partial charge in [-0.15, -0.1) is 0 Å². The molecule has 0 aliphatic carbocycles. The fraction of sp³-hybridized carbons (Fsp3) is 0.417. The highest BCUT2D eigenvalue weighted by molar-refractivity contribution is 5.47. The first-order chi connectivity index (χ1) is 7.31. The number of aromatic nitrogens is 2. The van der Waals surface area contributed by atoms with Crippen LogP contribution in [0.5, 0.6) is 0 Å². The Morgan fingerprint density at radius 3 is 3.07 bits per heavy atom. The number of nitrogens with zero attached hydrogens (tertiary/aromatic N) is 2. The molecule has 2 heterocycles. The first-order valence-electron chi connectivity index (χ1n) is 5.45. The molecule has 0 unspecified atom stereocenters. The van der Waals surface area contributed by atoms with E-state index >= 15 is 0 Å². The lowest BCUT2D eigenvalue weighted by Gasteiger charge is -1.97. The smallest absolute Gasteiger partial charge is 0.139 e. The molecule has 2 aromatic heterocycles. The Morgan fingerprint density at radius 1 is 1.47 bits per heavy atom. The summed E-state index contributed by atoms with van der Waals surface area (Å²) in [6.07, 6.45) is 5.29. The van der Waals surface area contributed by atoms with Crippen LogP contribution >= 0.6 is 0 Å². The van der Waals surface area contributed by atoms with Crippen LogP contribution in [0.25, 0.3) is 5.65 Å². The number of fused-ring (bicyclic) bond motifs is 1. The minimum absolute atomic E-state index is 0.856.